The van der Waals surface area contributed by atoms with E-state index in [2.05, 4.69) is 10.4 Å². The lowest BCUT2D eigenvalue weighted by atomic mass is 10.0. The number of hydrogen-bond donors (Lipinski definition) is 2. The van der Waals surface area contributed by atoms with E-state index in [1.54, 1.807) is 11.7 Å². The van der Waals surface area contributed by atoms with Crippen molar-refractivity contribution in [2.24, 2.45) is 0 Å². The van der Waals surface area contributed by atoms with Crippen LogP contribution >= 0.6 is 0 Å². The highest BCUT2D eigenvalue weighted by Crippen LogP contribution is 2.44. The molecule has 1 aliphatic rings. The van der Waals surface area contributed by atoms with Crippen LogP contribution in [0.15, 0.2) is 36.4 Å². The molecule has 1 heterocycles. The third-order valence-electron chi connectivity index (χ3n) is 4.61. The van der Waals surface area contributed by atoms with Crippen LogP contribution in [0.5, 0.6) is 0 Å². The molecule has 5 nitrogen and oxygen atoms in total. The number of nitrogens with two attached hydrogens (primary N) is 1. The summed E-state index contributed by atoms with van der Waals surface area (Å²) in [7, 11) is 1.64. The number of aromatic nitrogens is 2. The van der Waals surface area contributed by atoms with Crippen LogP contribution in [0, 0.1) is 6.92 Å². The fraction of sp³-hybridized carbons (Fsp3) is 0.263. The van der Waals surface area contributed by atoms with Crippen molar-refractivity contribution in [1.82, 2.24) is 15.1 Å². The molecule has 0 bridgehead atoms. The molecule has 0 radical (unpaired) electrons. The van der Waals surface area contributed by atoms with Gasteiger partial charge in [0.1, 0.15) is 5.69 Å². The van der Waals surface area contributed by atoms with Crippen molar-refractivity contribution >= 4 is 22.5 Å². The van der Waals surface area contributed by atoms with Gasteiger partial charge in [0.25, 0.3) is 5.91 Å². The highest BCUT2D eigenvalue weighted by Gasteiger charge is 2.28. The Bertz CT molecular complexity index is 936. The molecule has 0 saturated heterocycles. The summed E-state index contributed by atoms with van der Waals surface area (Å²) in [6.07, 6.45) is 2.33. The van der Waals surface area contributed by atoms with Gasteiger partial charge in [-0.2, -0.15) is 5.10 Å². The normalized spacial score (nSPS) is 14.1. The van der Waals surface area contributed by atoms with Gasteiger partial charge in [0.15, 0.2) is 0 Å². The zero-order chi connectivity index (χ0) is 16.8. The van der Waals surface area contributed by atoms with Crippen LogP contribution in [0.1, 0.15) is 40.4 Å². The van der Waals surface area contributed by atoms with Gasteiger partial charge in [-0.1, -0.05) is 17.7 Å². The Morgan fingerprint density at radius 1 is 1.25 bits per heavy atom. The Balaban J connectivity index is 1.98. The summed E-state index contributed by atoms with van der Waals surface area (Å²) in [5.41, 5.74) is 11.4. The summed E-state index contributed by atoms with van der Waals surface area (Å²) in [6, 6.07) is 11.9. The van der Waals surface area contributed by atoms with Gasteiger partial charge in [-0.15, -0.1) is 0 Å². The second-order valence-corrected chi connectivity index (χ2v) is 6.45. The van der Waals surface area contributed by atoms with E-state index in [1.807, 2.05) is 43.3 Å². The van der Waals surface area contributed by atoms with Crippen molar-refractivity contribution in [3.63, 3.8) is 0 Å². The maximum absolute atomic E-state index is 12.5. The molecule has 3 aromatic rings. The number of amides is 1. The van der Waals surface area contributed by atoms with Gasteiger partial charge in [0, 0.05) is 18.1 Å². The molecule has 5 heteroatoms. The topological polar surface area (TPSA) is 72.9 Å². The molecule has 4 rings (SSSR count). The fourth-order valence-corrected chi connectivity index (χ4v) is 3.12. The van der Waals surface area contributed by atoms with E-state index >= 15 is 0 Å². The smallest absolute Gasteiger partial charge is 0.270 e. The summed E-state index contributed by atoms with van der Waals surface area (Å²) >= 11 is 0. The van der Waals surface area contributed by atoms with Gasteiger partial charge in [0.2, 0.25) is 0 Å². The van der Waals surface area contributed by atoms with Crippen molar-refractivity contribution in [2.75, 3.05) is 12.8 Å². The number of carbonyl (C=O) groups is 1. The molecule has 0 unspecified atom stereocenters. The van der Waals surface area contributed by atoms with Crippen molar-refractivity contribution in [1.29, 1.82) is 0 Å². The predicted molar refractivity (Wildman–Crippen MR) is 95.6 cm³/mol. The summed E-state index contributed by atoms with van der Waals surface area (Å²) in [5, 5.41) is 8.22. The van der Waals surface area contributed by atoms with Gasteiger partial charge >= 0.3 is 0 Å². The van der Waals surface area contributed by atoms with Gasteiger partial charge in [0.05, 0.1) is 11.2 Å². The Labute approximate surface area is 140 Å². The van der Waals surface area contributed by atoms with Crippen molar-refractivity contribution in [3.8, 4) is 5.69 Å². The molecule has 1 amide bonds. The standard InChI is InChI=1S/C19H20N4O/c1-11-3-7-13(8-4-11)23-18(19(24)21-2)15-9-14(12-5-6-12)16(20)10-17(15)22-23/h3-4,7-10,12H,5-6,20H2,1-2H3,(H,21,24). The van der Waals surface area contributed by atoms with E-state index in [1.165, 1.54) is 0 Å². The molecular formula is C19H20N4O. The van der Waals surface area contributed by atoms with E-state index in [9.17, 15) is 4.79 Å². The van der Waals surface area contributed by atoms with Crippen LogP contribution in [-0.4, -0.2) is 22.7 Å². The third-order valence-corrected chi connectivity index (χ3v) is 4.61. The summed E-state index contributed by atoms with van der Waals surface area (Å²) < 4.78 is 1.71. The first kappa shape index (κ1) is 14.8. The minimum atomic E-state index is -0.149. The number of hydrogen-bond acceptors (Lipinski definition) is 3. The van der Waals surface area contributed by atoms with Gasteiger partial charge in [-0.3, -0.25) is 4.79 Å². The number of nitrogens with one attached hydrogen (secondary N) is 1. The SMILES string of the molecule is CNC(=O)c1c2cc(C3CC3)c(N)cc2nn1-c1ccc(C)cc1. The largest absolute Gasteiger partial charge is 0.398 e. The van der Waals surface area contributed by atoms with Crippen LogP contribution in [0.4, 0.5) is 5.69 Å². The molecule has 0 atom stereocenters. The number of rotatable bonds is 3. The first-order chi connectivity index (χ1) is 11.6. The minimum absolute atomic E-state index is 0.149. The fourth-order valence-electron chi connectivity index (χ4n) is 3.12. The molecule has 1 fully saturated rings. The van der Waals surface area contributed by atoms with Crippen LogP contribution in [0.25, 0.3) is 16.6 Å². The number of nitrogens with zero attached hydrogens (tertiary/aromatic N) is 2. The molecule has 2 aromatic carbocycles. The van der Waals surface area contributed by atoms with Crippen LogP contribution in [-0.2, 0) is 0 Å². The quantitative estimate of drug-likeness (QED) is 0.728. The number of aryl methyl sites for hydroxylation is 1. The molecule has 24 heavy (non-hydrogen) atoms. The lowest BCUT2D eigenvalue weighted by Gasteiger charge is -2.07. The zero-order valence-electron chi connectivity index (χ0n) is 13.8. The molecule has 1 saturated carbocycles. The Kier molecular flexibility index (Phi) is 3.30. The molecule has 0 aliphatic heterocycles. The van der Waals surface area contributed by atoms with Crippen molar-refractivity contribution in [3.05, 3.63) is 53.2 Å². The van der Waals surface area contributed by atoms with Gasteiger partial charge < -0.3 is 11.1 Å². The predicted octanol–water partition coefficient (Wildman–Crippen LogP) is 3.15. The van der Waals surface area contributed by atoms with E-state index < -0.39 is 0 Å². The highest BCUT2D eigenvalue weighted by molar-refractivity contribution is 6.06. The summed E-state index contributed by atoms with van der Waals surface area (Å²) in [6.45, 7) is 2.03. The minimum Gasteiger partial charge on any atom is -0.398 e. The summed E-state index contributed by atoms with van der Waals surface area (Å²) in [5.74, 6) is 0.374. The monoisotopic (exact) mass is 320 g/mol. The Morgan fingerprint density at radius 2 is 1.96 bits per heavy atom. The maximum Gasteiger partial charge on any atom is 0.270 e. The highest BCUT2D eigenvalue weighted by atomic mass is 16.1. The zero-order valence-corrected chi connectivity index (χ0v) is 13.8. The van der Waals surface area contributed by atoms with Crippen LogP contribution in [0.2, 0.25) is 0 Å². The number of nitrogen functional groups attached to an aromatic ring is 1. The molecular weight excluding hydrogens is 300 g/mol. The van der Waals surface area contributed by atoms with Crippen LogP contribution in [0.3, 0.4) is 0 Å². The first-order valence-electron chi connectivity index (χ1n) is 8.19. The number of anilines is 1. The Morgan fingerprint density at radius 3 is 2.58 bits per heavy atom. The maximum atomic E-state index is 12.5. The first-order valence-corrected chi connectivity index (χ1v) is 8.19. The van der Waals surface area contributed by atoms with E-state index in [4.69, 9.17) is 5.73 Å². The summed E-state index contributed by atoms with van der Waals surface area (Å²) in [4.78, 5) is 12.5. The van der Waals surface area contributed by atoms with Crippen LogP contribution < -0.4 is 11.1 Å². The molecule has 1 aromatic heterocycles. The lowest BCUT2D eigenvalue weighted by molar-refractivity contribution is 0.0957. The third kappa shape index (κ3) is 2.33. The number of carbonyl (C=O) groups excluding carboxylic acids is 1. The van der Waals surface area contributed by atoms with Gasteiger partial charge in [-0.05, 0) is 55.5 Å². The molecule has 3 N–H and O–H groups in total. The second-order valence-electron chi connectivity index (χ2n) is 6.45. The van der Waals surface area contributed by atoms with Crippen molar-refractivity contribution in [2.45, 2.75) is 25.7 Å². The number of fused-ring (bicyclic) bond motifs is 1. The second kappa shape index (κ2) is 5.37. The Hall–Kier alpha value is -2.82. The van der Waals surface area contributed by atoms with E-state index in [-0.39, 0.29) is 5.91 Å². The van der Waals surface area contributed by atoms with E-state index in [0.29, 0.717) is 11.6 Å². The molecule has 1 aliphatic carbocycles. The average molecular weight is 320 g/mol. The van der Waals surface area contributed by atoms with Gasteiger partial charge in [-0.25, -0.2) is 4.68 Å². The average Bonchev–Trinajstić information content (AvgIpc) is 3.35. The molecule has 122 valence electrons. The molecule has 0 spiro atoms. The van der Waals surface area contributed by atoms with E-state index in [0.717, 1.165) is 46.2 Å². The lowest BCUT2D eigenvalue weighted by Crippen LogP contribution is -2.21. The number of benzene rings is 2. The van der Waals surface area contributed by atoms with Crippen molar-refractivity contribution < 1.29 is 4.79 Å².